The highest BCUT2D eigenvalue weighted by atomic mass is 19.1. The molecule has 1 spiro atoms. The summed E-state index contributed by atoms with van der Waals surface area (Å²) < 4.78 is 27.8. The Bertz CT molecular complexity index is 1440. The summed E-state index contributed by atoms with van der Waals surface area (Å²) >= 11 is 0. The van der Waals surface area contributed by atoms with Gasteiger partial charge in [-0.2, -0.15) is 0 Å². The van der Waals surface area contributed by atoms with E-state index in [9.17, 15) is 18.4 Å². The molecule has 2 atom stereocenters. The van der Waals surface area contributed by atoms with Gasteiger partial charge in [-0.3, -0.25) is 14.6 Å². The summed E-state index contributed by atoms with van der Waals surface area (Å²) in [5.74, 6) is -0.932. The Kier molecular flexibility index (Phi) is 6.37. The number of hydrogen-bond acceptors (Lipinski definition) is 4. The molecule has 0 radical (unpaired) electrons. The third kappa shape index (κ3) is 4.59. The van der Waals surface area contributed by atoms with Crippen LogP contribution in [0.5, 0.6) is 0 Å². The molecule has 2 aromatic heterocycles. The van der Waals surface area contributed by atoms with E-state index >= 15 is 0 Å². The van der Waals surface area contributed by atoms with Crippen molar-refractivity contribution in [3.05, 3.63) is 94.5 Å². The van der Waals surface area contributed by atoms with Crippen molar-refractivity contribution >= 4 is 23.7 Å². The summed E-state index contributed by atoms with van der Waals surface area (Å²) in [6.07, 6.45) is 8.22. The molecule has 5 rings (SSSR count). The molecule has 6 nitrogen and oxygen atoms in total. The van der Waals surface area contributed by atoms with Crippen LogP contribution >= 0.6 is 0 Å². The van der Waals surface area contributed by atoms with E-state index in [1.807, 2.05) is 51.1 Å². The lowest BCUT2D eigenvalue weighted by molar-refractivity contribution is -0.141. The molecular formula is C30H30F2N4O2. The fraction of sp³-hybridized carbons (Fsp3) is 0.333. The monoisotopic (exact) mass is 516 g/mol. The zero-order valence-electron chi connectivity index (χ0n) is 21.9. The number of rotatable bonds is 5. The maximum absolute atomic E-state index is 13.9. The normalized spacial score (nSPS) is 18.9. The molecule has 0 saturated carbocycles. The summed E-state index contributed by atoms with van der Waals surface area (Å²) in [5, 5.41) is 2.90. The van der Waals surface area contributed by atoms with E-state index in [-0.39, 0.29) is 18.4 Å². The van der Waals surface area contributed by atoms with Gasteiger partial charge in [0.2, 0.25) is 11.8 Å². The SMILES string of the molecule is C[C@H](c1cc(F)cc(F)c1)N(C/C=C/c1cnc2c(c1)CC1(C2)C(=O)Nc2ncccc21)C(=O)C(C)(C)C. The van der Waals surface area contributed by atoms with Gasteiger partial charge in [0.05, 0.1) is 11.5 Å². The van der Waals surface area contributed by atoms with Crippen LogP contribution in [0, 0.1) is 17.0 Å². The van der Waals surface area contributed by atoms with Gasteiger partial charge in [0.15, 0.2) is 0 Å². The number of nitrogens with zero attached hydrogens (tertiary/aromatic N) is 3. The van der Waals surface area contributed by atoms with Crippen molar-refractivity contribution in [2.75, 3.05) is 11.9 Å². The molecule has 0 saturated heterocycles. The van der Waals surface area contributed by atoms with Crippen LogP contribution < -0.4 is 5.32 Å². The Hall–Kier alpha value is -3.94. The molecule has 1 N–H and O–H groups in total. The van der Waals surface area contributed by atoms with Gasteiger partial charge in [-0.25, -0.2) is 13.8 Å². The predicted molar refractivity (Wildman–Crippen MR) is 141 cm³/mol. The molecule has 196 valence electrons. The molecule has 0 bridgehead atoms. The fourth-order valence-corrected chi connectivity index (χ4v) is 5.37. The molecule has 38 heavy (non-hydrogen) atoms. The first kappa shape index (κ1) is 25.7. The molecule has 0 fully saturated rings. The van der Waals surface area contributed by atoms with Crippen LogP contribution in [0.2, 0.25) is 0 Å². The van der Waals surface area contributed by atoms with Crippen molar-refractivity contribution in [2.45, 2.75) is 52.0 Å². The number of fused-ring (bicyclic) bond motifs is 3. The number of aromatic nitrogens is 2. The Balaban J connectivity index is 1.37. The molecule has 2 amide bonds. The van der Waals surface area contributed by atoms with Gasteiger partial charge < -0.3 is 10.2 Å². The summed E-state index contributed by atoms with van der Waals surface area (Å²) in [6.45, 7) is 7.47. The quantitative estimate of drug-likeness (QED) is 0.493. The molecule has 1 aromatic carbocycles. The van der Waals surface area contributed by atoms with Crippen LogP contribution in [0.15, 0.2) is 54.9 Å². The zero-order chi connectivity index (χ0) is 27.2. The molecule has 3 aromatic rings. The first-order chi connectivity index (χ1) is 18.0. The summed E-state index contributed by atoms with van der Waals surface area (Å²) in [6, 6.07) is 8.61. The van der Waals surface area contributed by atoms with Crippen molar-refractivity contribution in [1.29, 1.82) is 0 Å². The molecule has 1 aliphatic carbocycles. The summed E-state index contributed by atoms with van der Waals surface area (Å²) in [5.41, 5.74) is 2.67. The number of carbonyl (C=O) groups excluding carboxylic acids is 2. The Morgan fingerprint density at radius 1 is 1.16 bits per heavy atom. The van der Waals surface area contributed by atoms with Crippen molar-refractivity contribution in [2.24, 2.45) is 5.41 Å². The van der Waals surface area contributed by atoms with Crippen LogP contribution in [0.4, 0.5) is 14.6 Å². The van der Waals surface area contributed by atoms with Crippen molar-refractivity contribution in [3.63, 3.8) is 0 Å². The third-order valence-electron chi connectivity index (χ3n) is 7.38. The van der Waals surface area contributed by atoms with Crippen LogP contribution in [0.25, 0.3) is 6.08 Å². The van der Waals surface area contributed by atoms with E-state index < -0.39 is 28.5 Å². The van der Waals surface area contributed by atoms with Crippen LogP contribution in [0.3, 0.4) is 0 Å². The lowest BCUT2D eigenvalue weighted by atomic mass is 9.80. The minimum absolute atomic E-state index is 0.0552. The highest BCUT2D eigenvalue weighted by molar-refractivity contribution is 6.06. The number of nitrogens with one attached hydrogen (secondary N) is 1. The summed E-state index contributed by atoms with van der Waals surface area (Å²) in [7, 11) is 0. The van der Waals surface area contributed by atoms with Gasteiger partial charge in [-0.15, -0.1) is 0 Å². The minimum atomic E-state index is -0.688. The van der Waals surface area contributed by atoms with E-state index in [2.05, 4.69) is 15.3 Å². The van der Waals surface area contributed by atoms with E-state index in [1.54, 1.807) is 24.2 Å². The molecule has 8 heteroatoms. The van der Waals surface area contributed by atoms with Crippen LogP contribution in [-0.4, -0.2) is 33.2 Å². The average Bonchev–Trinajstić information content (AvgIpc) is 3.37. The number of pyridine rings is 2. The van der Waals surface area contributed by atoms with E-state index in [4.69, 9.17) is 0 Å². The second kappa shape index (κ2) is 9.42. The minimum Gasteiger partial charge on any atom is -0.332 e. The van der Waals surface area contributed by atoms with Crippen molar-refractivity contribution in [3.8, 4) is 0 Å². The lowest BCUT2D eigenvalue weighted by Crippen LogP contribution is -2.41. The Morgan fingerprint density at radius 2 is 1.89 bits per heavy atom. The molecule has 1 aliphatic heterocycles. The van der Waals surface area contributed by atoms with Crippen molar-refractivity contribution < 1.29 is 18.4 Å². The van der Waals surface area contributed by atoms with Crippen LogP contribution in [0.1, 0.15) is 61.7 Å². The van der Waals surface area contributed by atoms with Gasteiger partial charge >= 0.3 is 0 Å². The first-order valence-electron chi connectivity index (χ1n) is 12.7. The van der Waals surface area contributed by atoms with Gasteiger partial charge in [0, 0.05) is 48.1 Å². The third-order valence-corrected chi connectivity index (χ3v) is 7.38. The van der Waals surface area contributed by atoms with E-state index in [1.165, 1.54) is 12.1 Å². The average molecular weight is 517 g/mol. The number of anilines is 1. The van der Waals surface area contributed by atoms with Gasteiger partial charge in [0.1, 0.15) is 17.5 Å². The number of benzene rings is 1. The maximum Gasteiger partial charge on any atom is 0.237 e. The number of amides is 2. The highest BCUT2D eigenvalue weighted by Gasteiger charge is 2.51. The summed E-state index contributed by atoms with van der Waals surface area (Å²) in [4.78, 5) is 36.8. The van der Waals surface area contributed by atoms with E-state index in [0.29, 0.717) is 24.2 Å². The zero-order valence-corrected chi connectivity index (χ0v) is 21.9. The second-order valence-corrected chi connectivity index (χ2v) is 11.2. The molecule has 3 heterocycles. The Morgan fingerprint density at radius 3 is 2.61 bits per heavy atom. The highest BCUT2D eigenvalue weighted by Crippen LogP contribution is 2.46. The standard InChI is InChI=1S/C30H30F2N4O2/c1-18(20-12-22(31)14-23(32)13-20)36(28(38)29(2,3)4)10-6-7-19-11-21-15-30(16-25(21)34-17-19)24-8-5-9-33-26(24)35-27(30)37/h5-9,11-14,17-18H,10,15-16H2,1-4H3,(H,33,35,37)/b7-6+/t18-,30?/m1/s1. The number of hydrogen-bond donors (Lipinski definition) is 1. The maximum atomic E-state index is 13.9. The first-order valence-corrected chi connectivity index (χ1v) is 12.7. The van der Waals surface area contributed by atoms with Gasteiger partial charge in [-0.1, -0.05) is 39.0 Å². The van der Waals surface area contributed by atoms with Gasteiger partial charge in [-0.05, 0) is 54.3 Å². The van der Waals surface area contributed by atoms with Gasteiger partial charge in [0.25, 0.3) is 0 Å². The lowest BCUT2D eigenvalue weighted by Gasteiger charge is -2.34. The molecular weight excluding hydrogens is 486 g/mol. The molecule has 1 unspecified atom stereocenters. The second-order valence-electron chi connectivity index (χ2n) is 11.2. The van der Waals surface area contributed by atoms with E-state index in [0.717, 1.165) is 28.5 Å². The van der Waals surface area contributed by atoms with Crippen LogP contribution in [-0.2, 0) is 27.8 Å². The molecule has 2 aliphatic rings. The fourth-order valence-electron chi connectivity index (χ4n) is 5.37. The smallest absolute Gasteiger partial charge is 0.237 e. The number of halogens is 2. The number of carbonyl (C=O) groups is 2. The van der Waals surface area contributed by atoms with Crippen molar-refractivity contribution in [1.82, 2.24) is 14.9 Å². The Labute approximate surface area is 220 Å². The predicted octanol–water partition coefficient (Wildman–Crippen LogP) is 5.39. The largest absolute Gasteiger partial charge is 0.332 e. The topological polar surface area (TPSA) is 75.2 Å².